The molecule has 0 aromatic carbocycles. The zero-order chi connectivity index (χ0) is 12.3. The van der Waals surface area contributed by atoms with Crippen LogP contribution in [0.3, 0.4) is 0 Å². The van der Waals surface area contributed by atoms with Gasteiger partial charge in [0.1, 0.15) is 0 Å². The Kier molecular flexibility index (Phi) is 3.97. The van der Waals surface area contributed by atoms with Crippen molar-refractivity contribution >= 4 is 11.3 Å². The maximum atomic E-state index is 5.78. The molecule has 1 atom stereocenters. The third kappa shape index (κ3) is 2.96. The maximum Gasteiger partial charge on any atom is 0.211 e. The Bertz CT molecular complexity index is 475. The van der Waals surface area contributed by atoms with E-state index in [1.165, 1.54) is 4.88 Å². The number of hydrogen-bond acceptors (Lipinski definition) is 4. The Balaban J connectivity index is 2.10. The molecule has 1 N–H and O–H groups in total. The van der Waals surface area contributed by atoms with E-state index in [-0.39, 0.29) is 6.04 Å². The number of rotatable bonds is 5. The van der Waals surface area contributed by atoms with Gasteiger partial charge in [-0.1, -0.05) is 6.92 Å². The molecule has 0 aliphatic carbocycles. The van der Waals surface area contributed by atoms with Crippen molar-refractivity contribution < 1.29 is 4.42 Å². The highest BCUT2D eigenvalue weighted by atomic mass is 32.1. The highest BCUT2D eigenvalue weighted by molar-refractivity contribution is 7.15. The van der Waals surface area contributed by atoms with Gasteiger partial charge < -0.3 is 9.73 Å². The maximum absolute atomic E-state index is 5.78. The van der Waals surface area contributed by atoms with E-state index in [1.54, 1.807) is 11.3 Å². The molecular weight excluding hydrogens is 232 g/mol. The van der Waals surface area contributed by atoms with E-state index in [2.05, 4.69) is 43.2 Å². The van der Waals surface area contributed by atoms with Gasteiger partial charge in [-0.2, -0.15) is 0 Å². The lowest BCUT2D eigenvalue weighted by atomic mass is 10.3. The van der Waals surface area contributed by atoms with Crippen LogP contribution in [0.25, 0.3) is 10.6 Å². The van der Waals surface area contributed by atoms with Crippen LogP contribution < -0.4 is 5.32 Å². The summed E-state index contributed by atoms with van der Waals surface area (Å²) in [4.78, 5) is 6.76. The third-order valence-electron chi connectivity index (χ3n) is 2.58. The summed E-state index contributed by atoms with van der Waals surface area (Å²) in [5, 5.41) is 3.37. The van der Waals surface area contributed by atoms with Gasteiger partial charge in [-0.05, 0) is 38.9 Å². The Morgan fingerprint density at radius 1 is 1.47 bits per heavy atom. The van der Waals surface area contributed by atoms with Crippen LogP contribution in [-0.2, 0) is 0 Å². The van der Waals surface area contributed by atoms with Crippen molar-refractivity contribution in [1.29, 1.82) is 0 Å². The molecule has 0 fully saturated rings. The first-order chi connectivity index (χ1) is 8.20. The highest BCUT2D eigenvalue weighted by Gasteiger charge is 2.13. The quantitative estimate of drug-likeness (QED) is 0.877. The summed E-state index contributed by atoms with van der Waals surface area (Å²) in [6.45, 7) is 7.30. The molecule has 4 heteroatoms. The zero-order valence-electron chi connectivity index (χ0n) is 10.5. The van der Waals surface area contributed by atoms with Crippen LogP contribution in [0, 0.1) is 6.92 Å². The van der Waals surface area contributed by atoms with E-state index in [9.17, 15) is 0 Å². The van der Waals surface area contributed by atoms with E-state index in [4.69, 9.17) is 4.42 Å². The second-order valence-corrected chi connectivity index (χ2v) is 5.44. The van der Waals surface area contributed by atoms with Crippen LogP contribution in [0.1, 0.15) is 37.1 Å². The summed E-state index contributed by atoms with van der Waals surface area (Å²) in [6.07, 6.45) is 2.92. The van der Waals surface area contributed by atoms with Gasteiger partial charge in [-0.15, -0.1) is 11.3 Å². The molecule has 0 spiro atoms. The van der Waals surface area contributed by atoms with Gasteiger partial charge in [0.2, 0.25) is 5.89 Å². The molecule has 2 heterocycles. The Hall–Kier alpha value is -1.13. The Labute approximate surface area is 106 Å². The fraction of sp³-hybridized carbons (Fsp3) is 0.462. The molecule has 92 valence electrons. The van der Waals surface area contributed by atoms with Gasteiger partial charge in [0.05, 0.1) is 17.1 Å². The van der Waals surface area contributed by atoms with Gasteiger partial charge in [0.15, 0.2) is 5.76 Å². The minimum atomic E-state index is 0.171. The lowest BCUT2D eigenvalue weighted by Crippen LogP contribution is -2.19. The van der Waals surface area contributed by atoms with Gasteiger partial charge in [0.25, 0.3) is 0 Å². The Morgan fingerprint density at radius 2 is 2.29 bits per heavy atom. The number of nitrogens with zero attached hydrogens (tertiary/aromatic N) is 1. The fourth-order valence-corrected chi connectivity index (χ4v) is 2.43. The SMILES string of the molecule is CCCNC(C)c1ncc(-c2ccc(C)s2)o1. The monoisotopic (exact) mass is 250 g/mol. The third-order valence-corrected chi connectivity index (χ3v) is 3.59. The lowest BCUT2D eigenvalue weighted by Gasteiger charge is -2.08. The smallest absolute Gasteiger partial charge is 0.211 e. The molecule has 1 unspecified atom stereocenters. The van der Waals surface area contributed by atoms with Gasteiger partial charge in [0, 0.05) is 4.88 Å². The molecule has 17 heavy (non-hydrogen) atoms. The van der Waals surface area contributed by atoms with E-state index in [0.717, 1.165) is 29.5 Å². The van der Waals surface area contributed by atoms with Gasteiger partial charge >= 0.3 is 0 Å². The predicted molar refractivity (Wildman–Crippen MR) is 71.3 cm³/mol. The molecule has 0 saturated heterocycles. The van der Waals surface area contributed by atoms with Crippen LogP contribution >= 0.6 is 11.3 Å². The van der Waals surface area contributed by atoms with E-state index >= 15 is 0 Å². The number of nitrogens with one attached hydrogen (secondary N) is 1. The molecule has 0 aliphatic heterocycles. The summed E-state index contributed by atoms with van der Waals surface area (Å²) >= 11 is 1.73. The summed E-state index contributed by atoms with van der Waals surface area (Å²) < 4.78 is 5.78. The second-order valence-electron chi connectivity index (χ2n) is 4.15. The predicted octanol–water partition coefficient (Wildman–Crippen LogP) is 3.77. The van der Waals surface area contributed by atoms with Crippen molar-refractivity contribution in [3.05, 3.63) is 29.1 Å². The number of oxazole rings is 1. The fourth-order valence-electron chi connectivity index (χ4n) is 1.62. The van der Waals surface area contributed by atoms with Crippen molar-refractivity contribution in [2.75, 3.05) is 6.54 Å². The van der Waals surface area contributed by atoms with Crippen LogP contribution in [0.15, 0.2) is 22.7 Å². The summed E-state index contributed by atoms with van der Waals surface area (Å²) in [6, 6.07) is 4.35. The minimum Gasteiger partial charge on any atom is -0.438 e. The van der Waals surface area contributed by atoms with Crippen LogP contribution in [-0.4, -0.2) is 11.5 Å². The van der Waals surface area contributed by atoms with Crippen molar-refractivity contribution in [3.63, 3.8) is 0 Å². The molecule has 0 amide bonds. The van der Waals surface area contributed by atoms with Crippen molar-refractivity contribution in [1.82, 2.24) is 10.3 Å². The van der Waals surface area contributed by atoms with Crippen LogP contribution in [0.4, 0.5) is 0 Å². The molecule has 3 nitrogen and oxygen atoms in total. The van der Waals surface area contributed by atoms with Crippen molar-refractivity contribution in [2.24, 2.45) is 0 Å². The number of aromatic nitrogens is 1. The normalized spacial score (nSPS) is 12.9. The van der Waals surface area contributed by atoms with E-state index in [1.807, 2.05) is 6.20 Å². The molecular formula is C13H18N2OS. The molecule has 0 bridgehead atoms. The first-order valence-electron chi connectivity index (χ1n) is 5.96. The summed E-state index contributed by atoms with van der Waals surface area (Å²) in [5.74, 6) is 1.63. The lowest BCUT2D eigenvalue weighted by molar-refractivity contribution is 0.423. The number of aryl methyl sites for hydroxylation is 1. The van der Waals surface area contributed by atoms with Crippen molar-refractivity contribution in [3.8, 4) is 10.6 Å². The highest BCUT2D eigenvalue weighted by Crippen LogP contribution is 2.29. The molecule has 2 aromatic heterocycles. The molecule has 0 radical (unpaired) electrons. The summed E-state index contributed by atoms with van der Waals surface area (Å²) in [5.41, 5.74) is 0. The van der Waals surface area contributed by atoms with E-state index < -0.39 is 0 Å². The second kappa shape index (κ2) is 5.47. The average Bonchev–Trinajstić information content (AvgIpc) is 2.93. The van der Waals surface area contributed by atoms with Crippen LogP contribution in [0.5, 0.6) is 0 Å². The zero-order valence-corrected chi connectivity index (χ0v) is 11.3. The molecule has 0 saturated carbocycles. The van der Waals surface area contributed by atoms with E-state index in [0.29, 0.717) is 0 Å². The standard InChI is InChI=1S/C13H18N2OS/c1-4-7-14-10(3)13-15-8-11(16-13)12-6-5-9(2)17-12/h5-6,8,10,14H,4,7H2,1-3H3. The Morgan fingerprint density at radius 3 is 2.94 bits per heavy atom. The average molecular weight is 250 g/mol. The van der Waals surface area contributed by atoms with Gasteiger partial charge in [-0.25, -0.2) is 4.98 Å². The molecule has 0 aliphatic rings. The summed E-state index contributed by atoms with van der Waals surface area (Å²) in [7, 11) is 0. The topological polar surface area (TPSA) is 38.1 Å². The first kappa shape index (κ1) is 12.3. The van der Waals surface area contributed by atoms with Gasteiger partial charge in [-0.3, -0.25) is 0 Å². The molecule has 2 rings (SSSR count). The number of thiophene rings is 1. The number of hydrogen-bond donors (Lipinski definition) is 1. The molecule has 2 aromatic rings. The first-order valence-corrected chi connectivity index (χ1v) is 6.78. The largest absolute Gasteiger partial charge is 0.438 e. The minimum absolute atomic E-state index is 0.171. The van der Waals surface area contributed by atoms with Crippen molar-refractivity contribution in [2.45, 2.75) is 33.2 Å². The van der Waals surface area contributed by atoms with Crippen LogP contribution in [0.2, 0.25) is 0 Å².